The number of benzene rings is 1. The van der Waals surface area contributed by atoms with Crippen molar-refractivity contribution in [1.82, 2.24) is 10.2 Å². The minimum atomic E-state index is 0.635. The Morgan fingerprint density at radius 3 is 2.93 bits per heavy atom. The third kappa shape index (κ3) is 1.27. The summed E-state index contributed by atoms with van der Waals surface area (Å²) in [4.78, 5) is 10.8. The molecule has 0 bridgehead atoms. The Morgan fingerprint density at radius 2 is 2.27 bits per heavy atom. The molecule has 3 heteroatoms. The number of aryl methyl sites for hydroxylation is 1. The number of nitrogens with zero attached hydrogens (tertiary/aromatic N) is 1. The number of nitrogens with one attached hydrogen (secondary N) is 1. The largest absolute Gasteiger partial charge is 0.298 e. The molecule has 0 atom stereocenters. The normalized spacial score (nSPS) is 15.8. The summed E-state index contributed by atoms with van der Waals surface area (Å²) in [5, 5.41) is 8.54. The van der Waals surface area contributed by atoms with Gasteiger partial charge in [-0.3, -0.25) is 9.89 Å². The van der Waals surface area contributed by atoms with Gasteiger partial charge in [-0.05, 0) is 37.5 Å². The summed E-state index contributed by atoms with van der Waals surface area (Å²) in [6.07, 6.45) is 3.37. The summed E-state index contributed by atoms with van der Waals surface area (Å²) >= 11 is 0. The minimum absolute atomic E-state index is 0.635. The van der Waals surface area contributed by atoms with Crippen LogP contribution in [0.1, 0.15) is 40.4 Å². The van der Waals surface area contributed by atoms with Crippen molar-refractivity contribution >= 4 is 17.2 Å². The zero-order valence-corrected chi connectivity index (χ0v) is 8.58. The number of hydrogen-bond acceptors (Lipinski definition) is 2. The average Bonchev–Trinajstić information content (AvgIpc) is 2.99. The van der Waals surface area contributed by atoms with Crippen LogP contribution in [0.25, 0.3) is 10.9 Å². The smallest absolute Gasteiger partial charge is 0.150 e. The van der Waals surface area contributed by atoms with E-state index < -0.39 is 0 Å². The SMILES string of the molecule is Cc1cc(C=O)cc2c(C3CC3)[nH]nc12. The van der Waals surface area contributed by atoms with Crippen molar-refractivity contribution in [2.75, 3.05) is 0 Å². The molecule has 0 saturated heterocycles. The van der Waals surface area contributed by atoms with E-state index in [0.29, 0.717) is 5.92 Å². The first-order valence-electron chi connectivity index (χ1n) is 5.23. The van der Waals surface area contributed by atoms with Crippen molar-refractivity contribution in [3.8, 4) is 0 Å². The highest BCUT2D eigenvalue weighted by Gasteiger charge is 2.27. The standard InChI is InChI=1S/C12H12N2O/c1-7-4-8(6-15)5-10-11(7)13-14-12(10)9-2-3-9/h4-6,9H,2-3H2,1H3,(H,13,14). The molecule has 1 N–H and O–H groups in total. The fourth-order valence-corrected chi connectivity index (χ4v) is 2.09. The summed E-state index contributed by atoms with van der Waals surface area (Å²) in [6.45, 7) is 1.99. The van der Waals surface area contributed by atoms with Gasteiger partial charge in [-0.2, -0.15) is 5.10 Å². The number of aromatic nitrogens is 2. The highest BCUT2D eigenvalue weighted by atomic mass is 16.1. The number of rotatable bonds is 2. The molecular formula is C12H12N2O. The molecule has 2 aromatic rings. The molecule has 76 valence electrons. The Kier molecular flexibility index (Phi) is 1.69. The molecule has 0 aliphatic heterocycles. The number of aldehydes is 1. The maximum atomic E-state index is 10.8. The molecule has 0 spiro atoms. The van der Waals surface area contributed by atoms with Gasteiger partial charge in [-0.25, -0.2) is 0 Å². The lowest BCUT2D eigenvalue weighted by molar-refractivity contribution is 0.112. The van der Waals surface area contributed by atoms with E-state index in [2.05, 4.69) is 10.2 Å². The monoisotopic (exact) mass is 200 g/mol. The number of H-pyrrole nitrogens is 1. The Morgan fingerprint density at radius 1 is 1.47 bits per heavy atom. The van der Waals surface area contributed by atoms with E-state index in [1.54, 1.807) is 0 Å². The third-order valence-corrected chi connectivity index (χ3v) is 3.02. The fourth-order valence-electron chi connectivity index (χ4n) is 2.09. The topological polar surface area (TPSA) is 45.8 Å². The molecule has 1 saturated carbocycles. The first-order valence-corrected chi connectivity index (χ1v) is 5.23. The molecule has 0 unspecified atom stereocenters. The summed E-state index contributed by atoms with van der Waals surface area (Å²) in [6, 6.07) is 3.82. The highest BCUT2D eigenvalue weighted by molar-refractivity contribution is 5.91. The van der Waals surface area contributed by atoms with Gasteiger partial charge in [0.15, 0.2) is 0 Å². The third-order valence-electron chi connectivity index (χ3n) is 3.02. The summed E-state index contributed by atoms with van der Waals surface area (Å²) < 4.78 is 0. The predicted octanol–water partition coefficient (Wildman–Crippen LogP) is 2.56. The molecule has 1 aromatic carbocycles. The predicted molar refractivity (Wildman–Crippen MR) is 58.2 cm³/mol. The molecular weight excluding hydrogens is 188 g/mol. The highest BCUT2D eigenvalue weighted by Crippen LogP contribution is 2.42. The maximum absolute atomic E-state index is 10.8. The van der Waals surface area contributed by atoms with Crippen molar-refractivity contribution in [3.05, 3.63) is 29.0 Å². The van der Waals surface area contributed by atoms with Crippen LogP contribution in [0, 0.1) is 6.92 Å². The second-order valence-corrected chi connectivity index (χ2v) is 4.26. The summed E-state index contributed by atoms with van der Waals surface area (Å²) in [7, 11) is 0. The number of hydrogen-bond donors (Lipinski definition) is 1. The van der Waals surface area contributed by atoms with Gasteiger partial charge < -0.3 is 0 Å². The van der Waals surface area contributed by atoms with Crippen LogP contribution in [0.4, 0.5) is 0 Å². The van der Waals surface area contributed by atoms with E-state index >= 15 is 0 Å². The second kappa shape index (κ2) is 2.92. The van der Waals surface area contributed by atoms with Crippen LogP contribution in [0.15, 0.2) is 12.1 Å². The Balaban J connectivity index is 2.30. The number of aromatic amines is 1. The first-order chi connectivity index (χ1) is 7.29. The zero-order valence-electron chi connectivity index (χ0n) is 8.58. The summed E-state index contributed by atoms with van der Waals surface area (Å²) in [5.74, 6) is 0.635. The van der Waals surface area contributed by atoms with Gasteiger partial charge >= 0.3 is 0 Å². The van der Waals surface area contributed by atoms with Crippen LogP contribution >= 0.6 is 0 Å². The Hall–Kier alpha value is -1.64. The van der Waals surface area contributed by atoms with Gasteiger partial charge in [-0.1, -0.05) is 0 Å². The van der Waals surface area contributed by atoms with E-state index in [0.717, 1.165) is 28.3 Å². The lowest BCUT2D eigenvalue weighted by Crippen LogP contribution is -1.85. The minimum Gasteiger partial charge on any atom is -0.298 e. The van der Waals surface area contributed by atoms with Crippen molar-refractivity contribution in [2.24, 2.45) is 0 Å². The van der Waals surface area contributed by atoms with Gasteiger partial charge in [0, 0.05) is 22.6 Å². The van der Waals surface area contributed by atoms with E-state index in [1.165, 1.54) is 18.5 Å². The molecule has 15 heavy (non-hydrogen) atoms. The van der Waals surface area contributed by atoms with Crippen molar-refractivity contribution in [2.45, 2.75) is 25.7 Å². The van der Waals surface area contributed by atoms with Gasteiger partial charge in [0.05, 0.1) is 5.52 Å². The van der Waals surface area contributed by atoms with Crippen LogP contribution in [0.2, 0.25) is 0 Å². The quantitative estimate of drug-likeness (QED) is 0.757. The molecule has 1 heterocycles. The number of carbonyl (C=O) groups is 1. The van der Waals surface area contributed by atoms with Gasteiger partial charge in [0.1, 0.15) is 6.29 Å². The molecule has 3 rings (SSSR count). The molecule has 1 fully saturated rings. The van der Waals surface area contributed by atoms with Crippen LogP contribution < -0.4 is 0 Å². The van der Waals surface area contributed by atoms with Crippen molar-refractivity contribution in [3.63, 3.8) is 0 Å². The van der Waals surface area contributed by atoms with E-state index in [-0.39, 0.29) is 0 Å². The number of fused-ring (bicyclic) bond motifs is 1. The maximum Gasteiger partial charge on any atom is 0.150 e. The molecule has 3 nitrogen and oxygen atoms in total. The molecule has 1 aliphatic rings. The number of carbonyl (C=O) groups excluding carboxylic acids is 1. The van der Waals surface area contributed by atoms with Crippen molar-refractivity contribution in [1.29, 1.82) is 0 Å². The zero-order chi connectivity index (χ0) is 10.4. The van der Waals surface area contributed by atoms with Crippen LogP contribution in [-0.2, 0) is 0 Å². The Bertz CT molecular complexity index is 538. The van der Waals surface area contributed by atoms with Crippen LogP contribution in [0.5, 0.6) is 0 Å². The summed E-state index contributed by atoms with van der Waals surface area (Å²) in [5.41, 5.74) is 4.01. The second-order valence-electron chi connectivity index (χ2n) is 4.26. The van der Waals surface area contributed by atoms with Gasteiger partial charge in [-0.15, -0.1) is 0 Å². The Labute approximate surface area is 87.5 Å². The lowest BCUT2D eigenvalue weighted by atomic mass is 10.1. The molecule has 1 aliphatic carbocycles. The van der Waals surface area contributed by atoms with Gasteiger partial charge in [0.25, 0.3) is 0 Å². The fraction of sp³-hybridized carbons (Fsp3) is 0.333. The van der Waals surface area contributed by atoms with Crippen LogP contribution in [-0.4, -0.2) is 16.5 Å². The molecule has 0 amide bonds. The van der Waals surface area contributed by atoms with Crippen LogP contribution in [0.3, 0.4) is 0 Å². The average molecular weight is 200 g/mol. The van der Waals surface area contributed by atoms with Crippen molar-refractivity contribution < 1.29 is 4.79 Å². The van der Waals surface area contributed by atoms with E-state index in [9.17, 15) is 4.79 Å². The van der Waals surface area contributed by atoms with E-state index in [1.807, 2.05) is 19.1 Å². The molecule has 0 radical (unpaired) electrons. The first kappa shape index (κ1) is 8.65. The molecule has 1 aromatic heterocycles. The lowest BCUT2D eigenvalue weighted by Gasteiger charge is -1.98. The van der Waals surface area contributed by atoms with E-state index in [4.69, 9.17) is 0 Å². The van der Waals surface area contributed by atoms with Gasteiger partial charge in [0.2, 0.25) is 0 Å².